The molecule has 0 spiro atoms. The lowest BCUT2D eigenvalue weighted by molar-refractivity contribution is 0.213. The maximum Gasteiger partial charge on any atom is 0.103 e. The van der Waals surface area contributed by atoms with Gasteiger partial charge in [-0.25, -0.2) is 0 Å². The molecule has 0 heterocycles. The first-order chi connectivity index (χ1) is 9.33. The highest BCUT2D eigenvalue weighted by Gasteiger charge is 2.20. The topological polar surface area (TPSA) is 42.3 Å². The molecule has 0 aromatic carbocycles. The minimum absolute atomic E-state index is 0.369. The number of nitrogens with zero attached hydrogens (tertiary/aromatic N) is 3. The van der Waals surface area contributed by atoms with Gasteiger partial charge in [0, 0.05) is 19.6 Å². The Bertz CT molecular complexity index is 283. The number of likely N-dealkylation sites (N-methyl/N-ethyl adjacent to an activating group) is 1. The van der Waals surface area contributed by atoms with E-state index in [2.05, 4.69) is 49.1 Å². The van der Waals surface area contributed by atoms with E-state index in [1.165, 1.54) is 6.42 Å². The number of unbranched alkanes of at least 4 members (excludes halogenated alkanes) is 1. The zero-order chi connectivity index (χ0) is 15.6. The second-order valence-electron chi connectivity index (χ2n) is 6.65. The quantitative estimate of drug-likeness (QED) is 0.590. The highest BCUT2D eigenvalue weighted by atomic mass is 15.2. The van der Waals surface area contributed by atoms with Crippen molar-refractivity contribution < 1.29 is 0 Å². The Hall–Kier alpha value is -0.630. The number of nitrogens with one attached hydrogen (secondary N) is 1. The van der Waals surface area contributed by atoms with Crippen LogP contribution < -0.4 is 5.32 Å². The van der Waals surface area contributed by atoms with Crippen LogP contribution in [0.2, 0.25) is 0 Å². The molecule has 0 rings (SSSR count). The van der Waals surface area contributed by atoms with Crippen LogP contribution in [0, 0.1) is 17.2 Å². The zero-order valence-corrected chi connectivity index (χ0v) is 14.4. The van der Waals surface area contributed by atoms with E-state index < -0.39 is 0 Å². The van der Waals surface area contributed by atoms with E-state index in [-0.39, 0.29) is 5.54 Å². The minimum atomic E-state index is -0.369. The van der Waals surface area contributed by atoms with Crippen molar-refractivity contribution in [3.05, 3.63) is 0 Å². The molecule has 0 fully saturated rings. The lowest BCUT2D eigenvalue weighted by atomic mass is 9.97. The van der Waals surface area contributed by atoms with Crippen molar-refractivity contribution in [3.63, 3.8) is 0 Å². The molecular formula is C16H34N4. The Kier molecular flexibility index (Phi) is 9.83. The first-order valence-corrected chi connectivity index (χ1v) is 7.80. The van der Waals surface area contributed by atoms with Crippen LogP contribution in [0.1, 0.15) is 40.0 Å². The summed E-state index contributed by atoms with van der Waals surface area (Å²) in [6, 6.07) is 2.36. The Morgan fingerprint density at radius 3 is 2.25 bits per heavy atom. The smallest absolute Gasteiger partial charge is 0.103 e. The van der Waals surface area contributed by atoms with Crippen LogP contribution >= 0.6 is 0 Å². The summed E-state index contributed by atoms with van der Waals surface area (Å²) in [6.45, 7) is 11.1. The van der Waals surface area contributed by atoms with Gasteiger partial charge in [0.2, 0.25) is 0 Å². The van der Waals surface area contributed by atoms with Crippen LogP contribution in [-0.2, 0) is 0 Å². The molecule has 0 aliphatic heterocycles. The third-order valence-corrected chi connectivity index (χ3v) is 3.69. The van der Waals surface area contributed by atoms with Gasteiger partial charge in [0.05, 0.1) is 6.07 Å². The Labute approximate surface area is 126 Å². The first kappa shape index (κ1) is 19.4. The van der Waals surface area contributed by atoms with Gasteiger partial charge in [0.1, 0.15) is 5.54 Å². The monoisotopic (exact) mass is 282 g/mol. The molecule has 0 aliphatic rings. The van der Waals surface area contributed by atoms with Crippen molar-refractivity contribution in [3.8, 4) is 6.07 Å². The molecule has 0 amide bonds. The normalized spacial score (nSPS) is 14.8. The molecule has 0 radical (unpaired) electrons. The van der Waals surface area contributed by atoms with Gasteiger partial charge in [-0.3, -0.25) is 0 Å². The van der Waals surface area contributed by atoms with Gasteiger partial charge in [0.25, 0.3) is 0 Å². The van der Waals surface area contributed by atoms with Gasteiger partial charge < -0.3 is 15.1 Å². The van der Waals surface area contributed by atoms with E-state index in [0.717, 1.165) is 39.0 Å². The van der Waals surface area contributed by atoms with E-state index in [1.54, 1.807) is 0 Å². The molecule has 4 nitrogen and oxygen atoms in total. The van der Waals surface area contributed by atoms with Crippen molar-refractivity contribution in [2.75, 3.05) is 47.3 Å². The second-order valence-corrected chi connectivity index (χ2v) is 6.65. The number of hydrogen-bond donors (Lipinski definition) is 1. The summed E-state index contributed by atoms with van der Waals surface area (Å²) in [7, 11) is 6.11. The van der Waals surface area contributed by atoms with E-state index in [0.29, 0.717) is 5.92 Å². The lowest BCUT2D eigenvalue weighted by Gasteiger charge is -2.26. The molecule has 1 unspecified atom stereocenters. The number of hydrogen-bond acceptors (Lipinski definition) is 4. The zero-order valence-electron chi connectivity index (χ0n) is 14.4. The molecule has 4 heteroatoms. The molecule has 0 saturated carbocycles. The Morgan fingerprint density at radius 2 is 1.80 bits per heavy atom. The fourth-order valence-electron chi connectivity index (χ4n) is 2.20. The van der Waals surface area contributed by atoms with E-state index >= 15 is 0 Å². The Morgan fingerprint density at radius 1 is 1.15 bits per heavy atom. The maximum atomic E-state index is 9.13. The first-order valence-electron chi connectivity index (χ1n) is 7.80. The SMILES string of the molecule is CNC(C)(C#N)CCCCN(CCN(C)C)CC(C)C. The summed E-state index contributed by atoms with van der Waals surface area (Å²) in [4.78, 5) is 4.79. The van der Waals surface area contributed by atoms with Crippen molar-refractivity contribution in [2.24, 2.45) is 5.92 Å². The van der Waals surface area contributed by atoms with Gasteiger partial charge in [-0.1, -0.05) is 13.8 Å². The molecule has 20 heavy (non-hydrogen) atoms. The summed E-state index contributed by atoms with van der Waals surface area (Å²) in [6.07, 6.45) is 3.18. The van der Waals surface area contributed by atoms with Crippen molar-refractivity contribution in [1.82, 2.24) is 15.1 Å². The van der Waals surface area contributed by atoms with Crippen LogP contribution in [0.25, 0.3) is 0 Å². The molecule has 1 N–H and O–H groups in total. The van der Waals surface area contributed by atoms with Gasteiger partial charge in [-0.05, 0) is 59.8 Å². The fourth-order valence-corrected chi connectivity index (χ4v) is 2.20. The molecule has 118 valence electrons. The number of rotatable bonds is 11. The summed E-state index contributed by atoms with van der Waals surface area (Å²) in [5.41, 5.74) is -0.369. The molecule has 0 saturated heterocycles. The van der Waals surface area contributed by atoms with E-state index in [1.807, 2.05) is 14.0 Å². The van der Waals surface area contributed by atoms with Crippen molar-refractivity contribution in [2.45, 2.75) is 45.6 Å². The van der Waals surface area contributed by atoms with Crippen molar-refractivity contribution >= 4 is 0 Å². The molecule has 0 bridgehead atoms. The highest BCUT2D eigenvalue weighted by molar-refractivity contribution is 5.02. The predicted molar refractivity (Wildman–Crippen MR) is 86.8 cm³/mol. The predicted octanol–water partition coefficient (Wildman–Crippen LogP) is 2.18. The lowest BCUT2D eigenvalue weighted by Crippen LogP contribution is -2.38. The third-order valence-electron chi connectivity index (χ3n) is 3.69. The second kappa shape index (κ2) is 10.1. The molecule has 1 atom stereocenters. The average Bonchev–Trinajstić information content (AvgIpc) is 2.39. The highest BCUT2D eigenvalue weighted by Crippen LogP contribution is 2.12. The van der Waals surface area contributed by atoms with E-state index in [9.17, 15) is 0 Å². The van der Waals surface area contributed by atoms with E-state index in [4.69, 9.17) is 5.26 Å². The molecule has 0 aliphatic carbocycles. The van der Waals surface area contributed by atoms with Crippen molar-refractivity contribution in [1.29, 1.82) is 5.26 Å². The largest absolute Gasteiger partial charge is 0.308 e. The summed E-state index contributed by atoms with van der Waals surface area (Å²) < 4.78 is 0. The van der Waals surface area contributed by atoms with Gasteiger partial charge in [-0.2, -0.15) is 5.26 Å². The summed E-state index contributed by atoms with van der Waals surface area (Å²) in [5, 5.41) is 12.2. The van der Waals surface area contributed by atoms with Gasteiger partial charge in [-0.15, -0.1) is 0 Å². The van der Waals surface area contributed by atoms with Gasteiger partial charge in [0.15, 0.2) is 0 Å². The Balaban J connectivity index is 4.04. The summed E-state index contributed by atoms with van der Waals surface area (Å²) >= 11 is 0. The van der Waals surface area contributed by atoms with Crippen LogP contribution in [0.3, 0.4) is 0 Å². The average molecular weight is 282 g/mol. The summed E-state index contributed by atoms with van der Waals surface area (Å²) in [5.74, 6) is 0.707. The maximum absolute atomic E-state index is 9.13. The van der Waals surface area contributed by atoms with Gasteiger partial charge >= 0.3 is 0 Å². The third kappa shape index (κ3) is 9.30. The molecule has 0 aromatic heterocycles. The molecule has 0 aromatic rings. The molecular weight excluding hydrogens is 248 g/mol. The van der Waals surface area contributed by atoms with Crippen LogP contribution in [0.5, 0.6) is 0 Å². The standard InChI is InChI=1S/C16H34N4/c1-15(2)13-20(12-11-19(5)6)10-8-7-9-16(3,14-17)18-4/h15,18H,7-13H2,1-6H3. The minimum Gasteiger partial charge on any atom is -0.308 e. The fraction of sp³-hybridized carbons (Fsp3) is 0.938. The van der Waals surface area contributed by atoms with Crippen LogP contribution in [0.4, 0.5) is 0 Å². The van der Waals surface area contributed by atoms with Crippen LogP contribution in [-0.4, -0.2) is 62.7 Å². The number of nitriles is 1. The van der Waals surface area contributed by atoms with Crippen LogP contribution in [0.15, 0.2) is 0 Å².